The molecular weight excluding hydrogens is 265 g/mol. The Morgan fingerprint density at radius 3 is 2.00 bits per heavy atom. The zero-order chi connectivity index (χ0) is 5.82. The first-order chi connectivity index (χ1) is 3.93. The number of halogens is 2. The number of hydrogen-bond donors (Lipinski definition) is 0. The van der Waals surface area contributed by atoms with E-state index in [1.807, 2.05) is 30.3 Å². The van der Waals surface area contributed by atoms with Crippen LogP contribution in [0.4, 0.5) is 0 Å². The average molecular weight is 272 g/mol. The van der Waals surface area contributed by atoms with Gasteiger partial charge in [-0.3, -0.25) is 0 Å². The lowest BCUT2D eigenvalue weighted by atomic mass is 10.4. The van der Waals surface area contributed by atoms with Crippen molar-refractivity contribution in [1.29, 1.82) is 0 Å². The van der Waals surface area contributed by atoms with E-state index in [9.17, 15) is 0 Å². The average Bonchev–Trinajstić information content (AvgIpc) is 1.90. The second-order valence-electron chi connectivity index (χ2n) is 1.52. The van der Waals surface area contributed by atoms with Crippen molar-refractivity contribution >= 4 is 24.5 Å². The van der Waals surface area contributed by atoms with E-state index < -0.39 is 0 Å². The molecule has 1 unspecified atom stereocenters. The van der Waals surface area contributed by atoms with Gasteiger partial charge in [0.25, 0.3) is 0 Å². The molecule has 0 aliphatic rings. The Hall–Kier alpha value is 0.670. The lowest BCUT2D eigenvalue weighted by molar-refractivity contribution is -0.00000142. The fourth-order valence-electron chi connectivity index (χ4n) is 0.526. The monoisotopic (exact) mass is 272 g/mol. The Balaban J connectivity index is 0.000000640. The summed E-state index contributed by atoms with van der Waals surface area (Å²) in [6.45, 7) is 0. The molecule has 9 heavy (non-hydrogen) atoms. The first-order valence-corrected chi connectivity index (χ1v) is 4.74. The molecule has 0 heterocycles. The molecule has 0 saturated carbocycles. The van der Waals surface area contributed by atoms with Crippen LogP contribution in [0.5, 0.6) is 0 Å². The molecule has 0 saturated heterocycles. The maximum absolute atomic E-state index is 5.61. The molecule has 0 radical (unpaired) electrons. The summed E-state index contributed by atoms with van der Waals surface area (Å²) >= 11 is 5.61. The van der Waals surface area contributed by atoms with Gasteiger partial charge >= 0.3 is 0 Å². The third-order valence-corrected chi connectivity index (χ3v) is 2.32. The zero-order valence-corrected chi connectivity index (χ0v) is 8.79. The highest BCUT2D eigenvalue weighted by atomic mass is 127. The van der Waals surface area contributed by atoms with E-state index in [4.69, 9.17) is 11.2 Å². The van der Waals surface area contributed by atoms with Crippen LogP contribution in [-0.2, 0) is 0 Å². The molecule has 3 heteroatoms. The zero-order valence-electron chi connectivity index (χ0n) is 4.72. The van der Waals surface area contributed by atoms with Gasteiger partial charge in [-0.1, -0.05) is 18.2 Å². The van der Waals surface area contributed by atoms with E-state index in [1.54, 1.807) is 0 Å². The van der Waals surface area contributed by atoms with Gasteiger partial charge in [-0.15, -0.1) is 0 Å². The summed E-state index contributed by atoms with van der Waals surface area (Å²) in [5.74, 6) is 0. The predicted molar refractivity (Wildman–Crippen MR) is 41.6 cm³/mol. The molecule has 0 nitrogen and oxygen atoms in total. The molecule has 1 aromatic carbocycles. The van der Waals surface area contributed by atoms with Crippen molar-refractivity contribution in [3.63, 3.8) is 0 Å². The van der Waals surface area contributed by atoms with Crippen LogP contribution in [0.25, 0.3) is 0 Å². The summed E-state index contributed by atoms with van der Waals surface area (Å²) in [4.78, 5) is 0. The summed E-state index contributed by atoms with van der Waals surface area (Å²) < 4.78 is 0. The molecule has 1 rings (SSSR count). The normalized spacial score (nSPS) is 9.44. The van der Waals surface area contributed by atoms with Crippen molar-refractivity contribution in [2.45, 2.75) is 0 Å². The van der Waals surface area contributed by atoms with Crippen molar-refractivity contribution in [2.75, 3.05) is 0 Å². The standard InChI is InChI=1S/C6H6ClP.HI/c7-8-6-4-2-1-3-5-6;/h1-5,8H;1H. The van der Waals surface area contributed by atoms with Gasteiger partial charge in [0.2, 0.25) is 0 Å². The number of hydrogen-bond acceptors (Lipinski definition) is 0. The van der Waals surface area contributed by atoms with Crippen LogP contribution in [0.2, 0.25) is 0 Å². The SMILES string of the molecule is Cl[PH2+]c1ccccc1.[I-]. The third kappa shape index (κ3) is 3.39. The minimum Gasteiger partial charge on any atom is -1.00 e. The van der Waals surface area contributed by atoms with Crippen LogP contribution in [-0.4, -0.2) is 0 Å². The minimum atomic E-state index is -0.0171. The lowest BCUT2D eigenvalue weighted by Gasteiger charge is -1.81. The van der Waals surface area contributed by atoms with Crippen LogP contribution in [0.3, 0.4) is 0 Å². The largest absolute Gasteiger partial charge is 1.00 e. The van der Waals surface area contributed by atoms with Crippen LogP contribution >= 0.6 is 19.2 Å². The van der Waals surface area contributed by atoms with Gasteiger partial charge in [0.1, 0.15) is 13.2 Å². The summed E-state index contributed by atoms with van der Waals surface area (Å²) in [5, 5.41) is 1.26. The van der Waals surface area contributed by atoms with Crippen molar-refractivity contribution < 1.29 is 24.0 Å². The van der Waals surface area contributed by atoms with Crippen molar-refractivity contribution in [2.24, 2.45) is 0 Å². The van der Waals surface area contributed by atoms with Crippen LogP contribution in [0.15, 0.2) is 30.3 Å². The quantitative estimate of drug-likeness (QED) is 0.449. The topological polar surface area (TPSA) is 0 Å². The maximum Gasteiger partial charge on any atom is 0.120 e. The second kappa shape index (κ2) is 5.45. The van der Waals surface area contributed by atoms with E-state index in [1.165, 1.54) is 5.30 Å². The Bertz CT molecular complexity index is 154. The maximum atomic E-state index is 5.61. The van der Waals surface area contributed by atoms with Gasteiger partial charge in [0.15, 0.2) is 0 Å². The summed E-state index contributed by atoms with van der Waals surface area (Å²) in [6.07, 6.45) is 0. The molecular formula is C6H7ClIP. The van der Waals surface area contributed by atoms with Crippen molar-refractivity contribution in [3.8, 4) is 0 Å². The highest BCUT2D eigenvalue weighted by molar-refractivity contribution is 7.74. The number of benzene rings is 1. The van der Waals surface area contributed by atoms with Gasteiger partial charge in [0, 0.05) is 0 Å². The Kier molecular flexibility index (Phi) is 5.86. The molecule has 0 fully saturated rings. The van der Waals surface area contributed by atoms with Crippen molar-refractivity contribution in [1.82, 2.24) is 0 Å². The summed E-state index contributed by atoms with van der Waals surface area (Å²) in [5.41, 5.74) is 0. The first-order valence-electron chi connectivity index (χ1n) is 2.42. The molecule has 0 aliphatic carbocycles. The van der Waals surface area contributed by atoms with E-state index in [0.717, 1.165) is 0 Å². The Morgan fingerprint density at radius 2 is 1.67 bits per heavy atom. The van der Waals surface area contributed by atoms with E-state index in [2.05, 4.69) is 0 Å². The smallest absolute Gasteiger partial charge is 0.120 e. The molecule has 50 valence electrons. The predicted octanol–water partition coefficient (Wildman–Crippen LogP) is -1.12. The van der Waals surface area contributed by atoms with Gasteiger partial charge in [-0.2, -0.15) is 0 Å². The van der Waals surface area contributed by atoms with E-state index in [-0.39, 0.29) is 31.9 Å². The summed E-state index contributed by atoms with van der Waals surface area (Å²) in [6, 6.07) is 10.1. The van der Waals surface area contributed by atoms with Crippen molar-refractivity contribution in [3.05, 3.63) is 30.3 Å². The van der Waals surface area contributed by atoms with E-state index in [0.29, 0.717) is 0 Å². The van der Waals surface area contributed by atoms with Gasteiger partial charge in [0.05, 0.1) is 11.2 Å². The molecule has 0 bridgehead atoms. The van der Waals surface area contributed by atoms with Crippen LogP contribution < -0.4 is 29.3 Å². The molecule has 0 amide bonds. The van der Waals surface area contributed by atoms with Gasteiger partial charge in [-0.25, -0.2) is 0 Å². The molecule has 0 spiro atoms. The van der Waals surface area contributed by atoms with Crippen LogP contribution in [0.1, 0.15) is 0 Å². The number of rotatable bonds is 1. The fraction of sp³-hybridized carbons (Fsp3) is 0. The van der Waals surface area contributed by atoms with Crippen LogP contribution in [0, 0.1) is 0 Å². The highest BCUT2D eigenvalue weighted by Gasteiger charge is 1.90. The lowest BCUT2D eigenvalue weighted by Crippen LogP contribution is -3.00. The van der Waals surface area contributed by atoms with Gasteiger partial charge < -0.3 is 24.0 Å². The molecule has 1 atom stereocenters. The summed E-state index contributed by atoms with van der Waals surface area (Å²) in [7, 11) is -0.0171. The van der Waals surface area contributed by atoms with E-state index >= 15 is 0 Å². The fourth-order valence-corrected chi connectivity index (χ4v) is 1.33. The first kappa shape index (κ1) is 9.67. The minimum absolute atomic E-state index is 0. The van der Waals surface area contributed by atoms with Gasteiger partial charge in [-0.05, 0) is 12.1 Å². The Morgan fingerprint density at radius 1 is 1.11 bits per heavy atom. The molecule has 0 aromatic heterocycles. The molecule has 0 aliphatic heterocycles. The Labute approximate surface area is 78.6 Å². The third-order valence-electron chi connectivity index (χ3n) is 0.926. The second-order valence-corrected chi connectivity index (χ2v) is 3.06. The molecule has 1 aromatic rings. The highest BCUT2D eigenvalue weighted by Crippen LogP contribution is 2.13. The molecule has 0 N–H and O–H groups in total.